The number of Topliss-reactive ketones (excluding diaryl/α,β-unsaturated/α-hetero) is 1. The summed E-state index contributed by atoms with van der Waals surface area (Å²) < 4.78 is 10.8. The Morgan fingerprint density at radius 2 is 1.61 bits per heavy atom. The summed E-state index contributed by atoms with van der Waals surface area (Å²) in [5, 5.41) is 0. The van der Waals surface area contributed by atoms with Crippen molar-refractivity contribution >= 4 is 11.5 Å². The molecule has 5 nitrogen and oxygen atoms in total. The zero-order valence-electron chi connectivity index (χ0n) is 17.3. The first-order chi connectivity index (χ1) is 13.5. The van der Waals surface area contributed by atoms with Crippen LogP contribution in [0.1, 0.15) is 29.8 Å². The van der Waals surface area contributed by atoms with Gasteiger partial charge in [0.1, 0.15) is 0 Å². The average molecular weight is 383 g/mol. The van der Waals surface area contributed by atoms with Gasteiger partial charge in [0, 0.05) is 43.5 Å². The number of carbonyl (C=O) groups excluding carboxylic acids is 1. The molecule has 5 heteroatoms. The maximum absolute atomic E-state index is 11.4. The Labute approximate surface area is 167 Å². The van der Waals surface area contributed by atoms with Crippen LogP contribution in [0.5, 0.6) is 11.5 Å². The molecular weight excluding hydrogens is 352 g/mol. The summed E-state index contributed by atoms with van der Waals surface area (Å²) in [5.74, 6) is 1.66. The van der Waals surface area contributed by atoms with Crippen LogP contribution in [-0.2, 0) is 6.42 Å². The summed E-state index contributed by atoms with van der Waals surface area (Å²) in [5.41, 5.74) is 3.22. The normalized spacial score (nSPS) is 15.9. The highest BCUT2D eigenvalue weighted by Crippen LogP contribution is 2.28. The van der Waals surface area contributed by atoms with Crippen LogP contribution >= 0.6 is 0 Å². The second-order valence-corrected chi connectivity index (χ2v) is 7.37. The summed E-state index contributed by atoms with van der Waals surface area (Å²) in [4.78, 5) is 16.4. The summed E-state index contributed by atoms with van der Waals surface area (Å²) >= 11 is 0. The highest BCUT2D eigenvalue weighted by Gasteiger charge is 2.22. The average Bonchev–Trinajstić information content (AvgIpc) is 2.73. The van der Waals surface area contributed by atoms with E-state index in [4.69, 9.17) is 9.47 Å². The molecule has 0 saturated carbocycles. The van der Waals surface area contributed by atoms with Gasteiger partial charge in [0.2, 0.25) is 0 Å². The van der Waals surface area contributed by atoms with Gasteiger partial charge in [-0.05, 0) is 62.2 Å². The van der Waals surface area contributed by atoms with Gasteiger partial charge in [0.05, 0.1) is 14.2 Å². The molecule has 0 unspecified atom stereocenters. The molecule has 1 fully saturated rings. The predicted molar refractivity (Wildman–Crippen MR) is 113 cm³/mol. The van der Waals surface area contributed by atoms with Crippen molar-refractivity contribution in [3.8, 4) is 11.5 Å². The van der Waals surface area contributed by atoms with Gasteiger partial charge >= 0.3 is 0 Å². The van der Waals surface area contributed by atoms with Crippen molar-refractivity contribution in [2.75, 3.05) is 45.3 Å². The lowest BCUT2D eigenvalue weighted by Gasteiger charge is -2.39. The Bertz CT molecular complexity index is 796. The third-order valence-corrected chi connectivity index (χ3v) is 5.56. The van der Waals surface area contributed by atoms with Crippen molar-refractivity contribution in [2.24, 2.45) is 0 Å². The quantitative estimate of drug-likeness (QED) is 0.684. The monoisotopic (exact) mass is 382 g/mol. The van der Waals surface area contributed by atoms with E-state index >= 15 is 0 Å². The summed E-state index contributed by atoms with van der Waals surface area (Å²) in [7, 11) is 3.33. The van der Waals surface area contributed by atoms with Crippen LogP contribution in [-0.4, -0.2) is 57.1 Å². The minimum absolute atomic E-state index is 0.111. The van der Waals surface area contributed by atoms with Gasteiger partial charge in [0.25, 0.3) is 0 Å². The van der Waals surface area contributed by atoms with Gasteiger partial charge in [-0.2, -0.15) is 0 Å². The number of methoxy groups -OCH3 is 2. The SMILES string of the molecule is COc1ccc(C[C@H](C)N2CCN(c3ccc(C(C)=O)cc3)CC2)cc1OC. The summed E-state index contributed by atoms with van der Waals surface area (Å²) in [6.45, 7) is 7.94. The molecular formula is C23H30N2O3. The molecule has 1 atom stereocenters. The fourth-order valence-corrected chi connectivity index (χ4v) is 3.81. The van der Waals surface area contributed by atoms with E-state index in [-0.39, 0.29) is 5.78 Å². The Balaban J connectivity index is 1.56. The van der Waals surface area contributed by atoms with E-state index in [1.54, 1.807) is 21.1 Å². The molecule has 28 heavy (non-hydrogen) atoms. The molecule has 0 radical (unpaired) electrons. The molecule has 1 aliphatic heterocycles. The first kappa shape index (κ1) is 20.2. The van der Waals surface area contributed by atoms with Crippen LogP contribution in [0.15, 0.2) is 42.5 Å². The van der Waals surface area contributed by atoms with Crippen molar-refractivity contribution in [3.63, 3.8) is 0 Å². The van der Waals surface area contributed by atoms with Crippen LogP contribution in [0.3, 0.4) is 0 Å². The van der Waals surface area contributed by atoms with E-state index < -0.39 is 0 Å². The minimum atomic E-state index is 0.111. The molecule has 0 aromatic heterocycles. The van der Waals surface area contributed by atoms with Crippen LogP contribution in [0.25, 0.3) is 0 Å². The van der Waals surface area contributed by atoms with Crippen molar-refractivity contribution < 1.29 is 14.3 Å². The van der Waals surface area contributed by atoms with Gasteiger partial charge < -0.3 is 14.4 Å². The number of hydrogen-bond acceptors (Lipinski definition) is 5. The van der Waals surface area contributed by atoms with Crippen molar-refractivity contribution in [1.29, 1.82) is 0 Å². The molecule has 0 spiro atoms. The van der Waals surface area contributed by atoms with Crippen molar-refractivity contribution in [2.45, 2.75) is 26.3 Å². The minimum Gasteiger partial charge on any atom is -0.493 e. The fraction of sp³-hybridized carbons (Fsp3) is 0.435. The lowest BCUT2D eigenvalue weighted by atomic mass is 10.0. The Hall–Kier alpha value is -2.53. The molecule has 0 aliphatic carbocycles. The molecule has 150 valence electrons. The zero-order chi connectivity index (χ0) is 20.1. The Morgan fingerprint density at radius 1 is 0.964 bits per heavy atom. The summed E-state index contributed by atoms with van der Waals surface area (Å²) in [6, 6.07) is 14.6. The first-order valence-corrected chi connectivity index (χ1v) is 9.82. The topological polar surface area (TPSA) is 42.0 Å². The smallest absolute Gasteiger partial charge is 0.160 e. The number of nitrogens with zero attached hydrogens (tertiary/aromatic N) is 2. The number of ether oxygens (including phenoxy) is 2. The van der Waals surface area contributed by atoms with Gasteiger partial charge in [-0.3, -0.25) is 9.69 Å². The molecule has 1 heterocycles. The number of rotatable bonds is 7. The summed E-state index contributed by atoms with van der Waals surface area (Å²) in [6.07, 6.45) is 0.980. The van der Waals surface area contributed by atoms with Gasteiger partial charge in [-0.1, -0.05) is 6.07 Å². The van der Waals surface area contributed by atoms with Gasteiger partial charge in [-0.15, -0.1) is 0 Å². The van der Waals surface area contributed by atoms with E-state index in [1.807, 2.05) is 18.2 Å². The maximum atomic E-state index is 11.4. The van der Waals surface area contributed by atoms with Crippen LogP contribution < -0.4 is 14.4 Å². The number of anilines is 1. The van der Waals surface area contributed by atoms with E-state index in [1.165, 1.54) is 11.3 Å². The molecule has 0 bridgehead atoms. The number of hydrogen-bond donors (Lipinski definition) is 0. The first-order valence-electron chi connectivity index (χ1n) is 9.82. The predicted octanol–water partition coefficient (Wildman–Crippen LogP) is 3.66. The van der Waals surface area contributed by atoms with E-state index in [0.717, 1.165) is 49.7 Å². The fourth-order valence-electron chi connectivity index (χ4n) is 3.81. The van der Waals surface area contributed by atoms with Crippen molar-refractivity contribution in [1.82, 2.24) is 4.90 Å². The van der Waals surface area contributed by atoms with E-state index in [2.05, 4.69) is 41.0 Å². The van der Waals surface area contributed by atoms with Gasteiger partial charge in [0.15, 0.2) is 17.3 Å². The maximum Gasteiger partial charge on any atom is 0.160 e. The van der Waals surface area contributed by atoms with Crippen molar-refractivity contribution in [3.05, 3.63) is 53.6 Å². The van der Waals surface area contributed by atoms with E-state index in [0.29, 0.717) is 6.04 Å². The Morgan fingerprint density at radius 3 is 2.18 bits per heavy atom. The van der Waals surface area contributed by atoms with Crippen LogP contribution in [0, 0.1) is 0 Å². The van der Waals surface area contributed by atoms with Crippen LogP contribution in [0.4, 0.5) is 5.69 Å². The molecule has 1 saturated heterocycles. The second kappa shape index (κ2) is 9.11. The molecule has 0 amide bonds. The number of piperazine rings is 1. The standard InChI is InChI=1S/C23H30N2O3/c1-17(15-19-5-10-22(27-3)23(16-19)28-4)24-11-13-25(14-12-24)21-8-6-20(7-9-21)18(2)26/h5-10,16-17H,11-15H2,1-4H3/t17-/m0/s1. The highest BCUT2D eigenvalue weighted by molar-refractivity contribution is 5.94. The Kier molecular flexibility index (Phi) is 6.57. The molecule has 2 aromatic carbocycles. The third-order valence-electron chi connectivity index (χ3n) is 5.56. The second-order valence-electron chi connectivity index (χ2n) is 7.37. The number of carbonyl (C=O) groups is 1. The lowest BCUT2D eigenvalue weighted by Crippen LogP contribution is -2.50. The molecule has 2 aromatic rings. The van der Waals surface area contributed by atoms with Gasteiger partial charge in [-0.25, -0.2) is 0 Å². The zero-order valence-corrected chi connectivity index (χ0v) is 17.3. The largest absolute Gasteiger partial charge is 0.493 e. The number of ketones is 1. The highest BCUT2D eigenvalue weighted by atomic mass is 16.5. The number of benzene rings is 2. The molecule has 0 N–H and O–H groups in total. The van der Waals surface area contributed by atoms with E-state index in [9.17, 15) is 4.79 Å². The third kappa shape index (κ3) is 4.65. The molecule has 3 rings (SSSR count). The lowest BCUT2D eigenvalue weighted by molar-refractivity contribution is 0.101. The van der Waals surface area contributed by atoms with Crippen LogP contribution in [0.2, 0.25) is 0 Å². The molecule has 1 aliphatic rings.